The van der Waals surface area contributed by atoms with Crippen LogP contribution in [0.2, 0.25) is 5.02 Å². The van der Waals surface area contributed by atoms with Gasteiger partial charge in [-0.3, -0.25) is 14.8 Å². The Labute approximate surface area is 169 Å². The molecule has 1 aliphatic rings. The predicted octanol–water partition coefficient (Wildman–Crippen LogP) is 4.41. The number of amides is 1. The molecule has 0 N–H and O–H groups in total. The molecule has 1 aliphatic heterocycles. The molecule has 2 aromatic heterocycles. The van der Waals surface area contributed by atoms with Crippen LogP contribution in [0.15, 0.2) is 48.7 Å². The predicted molar refractivity (Wildman–Crippen MR) is 109 cm³/mol. The highest BCUT2D eigenvalue weighted by Crippen LogP contribution is 2.23. The van der Waals surface area contributed by atoms with Gasteiger partial charge in [0.05, 0.1) is 35.1 Å². The van der Waals surface area contributed by atoms with E-state index in [-0.39, 0.29) is 12.0 Å². The third-order valence-electron chi connectivity index (χ3n) is 5.01. The molecule has 0 radical (unpaired) electrons. The minimum Gasteiger partial charge on any atom is -0.376 e. The van der Waals surface area contributed by atoms with Crippen LogP contribution in [-0.4, -0.2) is 40.0 Å². The normalized spacial score (nSPS) is 16.4. The summed E-state index contributed by atoms with van der Waals surface area (Å²) in [6.07, 6.45) is 3.81. The van der Waals surface area contributed by atoms with Crippen LogP contribution in [0.25, 0.3) is 10.9 Å². The second kappa shape index (κ2) is 8.25. The number of benzene rings is 1. The number of fused-ring (bicyclic) bond motifs is 1. The molecule has 1 atom stereocenters. The Morgan fingerprint density at radius 1 is 1.29 bits per heavy atom. The van der Waals surface area contributed by atoms with Crippen molar-refractivity contribution in [3.63, 3.8) is 0 Å². The average molecular weight is 396 g/mol. The molecule has 1 aromatic carbocycles. The third-order valence-corrected chi connectivity index (χ3v) is 5.25. The van der Waals surface area contributed by atoms with Gasteiger partial charge < -0.3 is 9.64 Å². The van der Waals surface area contributed by atoms with Crippen molar-refractivity contribution >= 4 is 28.4 Å². The number of carbonyl (C=O) groups is 1. The monoisotopic (exact) mass is 395 g/mol. The number of nitrogens with zero attached hydrogens (tertiary/aromatic N) is 3. The van der Waals surface area contributed by atoms with E-state index in [0.29, 0.717) is 29.4 Å². The fraction of sp³-hybridized carbons (Fsp3) is 0.318. The zero-order valence-corrected chi connectivity index (χ0v) is 16.5. The summed E-state index contributed by atoms with van der Waals surface area (Å²) < 4.78 is 5.78. The summed E-state index contributed by atoms with van der Waals surface area (Å²) in [7, 11) is 0. The Morgan fingerprint density at radius 3 is 2.93 bits per heavy atom. The summed E-state index contributed by atoms with van der Waals surface area (Å²) in [5.41, 5.74) is 2.97. The number of hydrogen-bond donors (Lipinski definition) is 0. The summed E-state index contributed by atoms with van der Waals surface area (Å²) in [6, 6.07) is 13.1. The van der Waals surface area contributed by atoms with Crippen LogP contribution >= 0.6 is 11.6 Å². The summed E-state index contributed by atoms with van der Waals surface area (Å²) in [6.45, 7) is 3.60. The molecule has 0 spiro atoms. The molecule has 1 fully saturated rings. The van der Waals surface area contributed by atoms with E-state index >= 15 is 0 Å². The number of aryl methyl sites for hydroxylation is 1. The third kappa shape index (κ3) is 4.16. The Hall–Kier alpha value is -2.50. The number of rotatable bonds is 5. The number of carbonyl (C=O) groups excluding carboxylic acids is 1. The molecule has 0 aliphatic carbocycles. The second-order valence-electron chi connectivity index (χ2n) is 7.10. The van der Waals surface area contributed by atoms with Gasteiger partial charge in [-0.2, -0.15) is 0 Å². The van der Waals surface area contributed by atoms with Gasteiger partial charge in [0, 0.05) is 29.8 Å². The van der Waals surface area contributed by atoms with E-state index in [0.717, 1.165) is 36.0 Å². The van der Waals surface area contributed by atoms with E-state index in [9.17, 15) is 4.79 Å². The van der Waals surface area contributed by atoms with Gasteiger partial charge in [-0.1, -0.05) is 17.7 Å². The van der Waals surface area contributed by atoms with E-state index in [1.807, 2.05) is 54.3 Å². The maximum atomic E-state index is 13.5. The lowest BCUT2D eigenvalue weighted by atomic mass is 10.1. The van der Waals surface area contributed by atoms with Crippen LogP contribution < -0.4 is 0 Å². The molecular weight excluding hydrogens is 374 g/mol. The van der Waals surface area contributed by atoms with E-state index in [1.165, 1.54) is 0 Å². The number of pyridine rings is 2. The quantitative estimate of drug-likeness (QED) is 0.642. The van der Waals surface area contributed by atoms with Crippen molar-refractivity contribution < 1.29 is 9.53 Å². The summed E-state index contributed by atoms with van der Waals surface area (Å²) in [4.78, 5) is 24.3. The van der Waals surface area contributed by atoms with Crippen molar-refractivity contribution in [3.05, 3.63) is 70.6 Å². The number of halogens is 1. The van der Waals surface area contributed by atoms with Gasteiger partial charge in [0.25, 0.3) is 5.91 Å². The molecule has 28 heavy (non-hydrogen) atoms. The van der Waals surface area contributed by atoms with Crippen LogP contribution in [0.1, 0.15) is 34.6 Å². The summed E-state index contributed by atoms with van der Waals surface area (Å²) >= 11 is 6.13. The van der Waals surface area contributed by atoms with Gasteiger partial charge in [-0.05, 0) is 56.2 Å². The minimum atomic E-state index is -0.0620. The van der Waals surface area contributed by atoms with Gasteiger partial charge in [-0.25, -0.2) is 0 Å². The lowest BCUT2D eigenvalue weighted by molar-refractivity contribution is 0.0503. The van der Waals surface area contributed by atoms with Crippen LogP contribution in [-0.2, 0) is 11.3 Å². The Kier molecular flexibility index (Phi) is 5.55. The Balaban J connectivity index is 1.67. The van der Waals surface area contributed by atoms with E-state index < -0.39 is 0 Å². The molecule has 1 amide bonds. The van der Waals surface area contributed by atoms with Crippen molar-refractivity contribution in [1.29, 1.82) is 0 Å². The fourth-order valence-electron chi connectivity index (χ4n) is 3.57. The molecule has 5 nitrogen and oxygen atoms in total. The van der Waals surface area contributed by atoms with Crippen LogP contribution in [0.5, 0.6) is 0 Å². The minimum absolute atomic E-state index is 0.0620. The molecule has 0 saturated carbocycles. The van der Waals surface area contributed by atoms with Gasteiger partial charge in [0.1, 0.15) is 0 Å². The van der Waals surface area contributed by atoms with Crippen LogP contribution in [0.4, 0.5) is 0 Å². The van der Waals surface area contributed by atoms with Crippen LogP contribution in [0, 0.1) is 6.92 Å². The second-order valence-corrected chi connectivity index (χ2v) is 7.54. The van der Waals surface area contributed by atoms with Crippen molar-refractivity contribution in [1.82, 2.24) is 14.9 Å². The molecule has 1 saturated heterocycles. The molecular formula is C22H22ClN3O2. The van der Waals surface area contributed by atoms with Gasteiger partial charge in [-0.15, -0.1) is 0 Å². The van der Waals surface area contributed by atoms with E-state index in [4.69, 9.17) is 16.3 Å². The maximum absolute atomic E-state index is 13.5. The molecule has 144 valence electrons. The summed E-state index contributed by atoms with van der Waals surface area (Å²) in [5, 5.41) is 1.48. The highest BCUT2D eigenvalue weighted by Gasteiger charge is 2.25. The van der Waals surface area contributed by atoms with E-state index in [1.54, 1.807) is 6.20 Å². The zero-order chi connectivity index (χ0) is 19.5. The lowest BCUT2D eigenvalue weighted by Crippen LogP contribution is -2.37. The molecule has 4 rings (SSSR count). The van der Waals surface area contributed by atoms with Gasteiger partial charge in [0.15, 0.2) is 0 Å². The lowest BCUT2D eigenvalue weighted by Gasteiger charge is -2.26. The van der Waals surface area contributed by atoms with E-state index in [2.05, 4.69) is 9.97 Å². The first-order valence-electron chi connectivity index (χ1n) is 9.48. The first-order valence-corrected chi connectivity index (χ1v) is 9.85. The molecule has 1 unspecified atom stereocenters. The summed E-state index contributed by atoms with van der Waals surface area (Å²) in [5.74, 6) is -0.0620. The van der Waals surface area contributed by atoms with Crippen molar-refractivity contribution in [2.45, 2.75) is 32.4 Å². The maximum Gasteiger partial charge on any atom is 0.256 e. The Bertz CT molecular complexity index is 988. The molecule has 3 aromatic rings. The first kappa shape index (κ1) is 18.8. The van der Waals surface area contributed by atoms with Crippen LogP contribution in [0.3, 0.4) is 0 Å². The smallest absolute Gasteiger partial charge is 0.256 e. The molecule has 6 heteroatoms. The highest BCUT2D eigenvalue weighted by molar-refractivity contribution is 6.31. The first-order chi connectivity index (χ1) is 13.6. The van der Waals surface area contributed by atoms with Gasteiger partial charge in [0.2, 0.25) is 0 Å². The van der Waals surface area contributed by atoms with Crippen molar-refractivity contribution in [3.8, 4) is 0 Å². The Morgan fingerprint density at radius 2 is 2.18 bits per heavy atom. The number of hydrogen-bond acceptors (Lipinski definition) is 4. The largest absolute Gasteiger partial charge is 0.376 e. The molecule has 0 bridgehead atoms. The van der Waals surface area contributed by atoms with Gasteiger partial charge >= 0.3 is 0 Å². The molecule has 3 heterocycles. The number of aromatic nitrogens is 2. The van der Waals surface area contributed by atoms with Crippen molar-refractivity contribution in [2.24, 2.45) is 0 Å². The zero-order valence-electron chi connectivity index (χ0n) is 15.8. The SMILES string of the molecule is Cc1nc2ccc(Cl)cc2cc1C(=O)N(Cc1ccccn1)CC1CCCO1. The number of ether oxygens (including phenoxy) is 1. The highest BCUT2D eigenvalue weighted by atomic mass is 35.5. The van der Waals surface area contributed by atoms with Crippen molar-refractivity contribution in [2.75, 3.05) is 13.2 Å². The topological polar surface area (TPSA) is 55.3 Å². The average Bonchev–Trinajstić information content (AvgIpc) is 3.21. The fourth-order valence-corrected chi connectivity index (χ4v) is 3.75. The standard InChI is InChI=1S/C22H22ClN3O2/c1-15-20(12-16-11-17(23)7-8-21(16)25-15)22(27)26(14-19-6-4-10-28-19)13-18-5-2-3-9-24-18/h2-3,5,7-9,11-12,19H,4,6,10,13-14H2,1H3.